The molecule has 3 aromatic heterocycles. The second-order valence-electron chi connectivity index (χ2n) is 17.3. The number of hydrogen-bond acceptors (Lipinski definition) is 8. The third-order valence-electron chi connectivity index (χ3n) is 10.9. The van der Waals surface area contributed by atoms with Gasteiger partial charge in [0.15, 0.2) is 42.4 Å². The number of rotatable bonds is 9. The molecule has 1 aliphatic rings. The van der Waals surface area contributed by atoms with E-state index in [9.17, 15) is 5.21 Å². The normalized spacial score (nSPS) is 22.2. The van der Waals surface area contributed by atoms with Gasteiger partial charge in [-0.05, 0) is 71.5 Å². The minimum Gasteiger partial charge on any atom is -0.710 e. The van der Waals surface area contributed by atoms with Gasteiger partial charge in [0.1, 0.15) is 24.6 Å². The third-order valence-corrected chi connectivity index (χ3v) is 24.3. The molecule has 256 valence electrons. The van der Waals surface area contributed by atoms with Gasteiger partial charge in [0, 0.05) is 18.0 Å². The van der Waals surface area contributed by atoms with Crippen molar-refractivity contribution >= 4 is 36.1 Å². The Kier molecular flexibility index (Phi) is 9.98. The second kappa shape index (κ2) is 12.5. The lowest BCUT2D eigenvalue weighted by molar-refractivity contribution is -0.595. The molecule has 0 bridgehead atoms. The lowest BCUT2D eigenvalue weighted by Gasteiger charge is -2.44. The van der Waals surface area contributed by atoms with E-state index < -0.39 is 37.3 Å². The number of hydrogen-bond donors (Lipinski definition) is 0. The van der Waals surface area contributed by atoms with E-state index in [0.29, 0.717) is 29.0 Å². The van der Waals surface area contributed by atoms with E-state index in [1.54, 1.807) is 24.8 Å². The van der Waals surface area contributed by atoms with Gasteiger partial charge < -0.3 is 23.2 Å². The highest BCUT2D eigenvalue weighted by Gasteiger charge is 2.55. The van der Waals surface area contributed by atoms with Crippen LogP contribution in [0.5, 0.6) is 0 Å². The van der Waals surface area contributed by atoms with Crippen LogP contribution in [0, 0.1) is 5.21 Å². The number of ether oxygens (including phenoxy) is 1. The summed E-state index contributed by atoms with van der Waals surface area (Å²) in [4.78, 5) is 13.5. The Morgan fingerprint density at radius 3 is 1.93 bits per heavy atom. The summed E-state index contributed by atoms with van der Waals surface area (Å²) in [5.41, 5.74) is 2.07. The quantitative estimate of drug-likeness (QED) is 0.127. The molecule has 0 aromatic carbocycles. The smallest absolute Gasteiger partial charge is 0.292 e. The maximum atomic E-state index is 13.0. The van der Waals surface area contributed by atoms with Crippen LogP contribution in [0.3, 0.4) is 0 Å². The zero-order valence-electron chi connectivity index (χ0n) is 30.8. The molecule has 0 aliphatic carbocycles. The van der Waals surface area contributed by atoms with Crippen molar-refractivity contribution in [2.24, 2.45) is 0 Å². The first-order valence-electron chi connectivity index (χ1n) is 16.4. The average molecular weight is 688 g/mol. The summed E-state index contributed by atoms with van der Waals surface area (Å²) in [6.45, 7) is 34.2. The standard InChI is InChI=1S/C33H57N5O5Si3/c1-31(2,3)44(10,11)40-20-24-27(42-45(12,13)32(4,5)6)28(43-46(14,15)33(7,8)9)30(41-24)37-21-35-25-26(23-17-16-18-34-19-23)38(39)22-36-29(25)37/h16-19,21-22,24,27-28,30H,20H2,1-15H3/t24-,27-,28-,30-/m1/s1. The molecule has 1 aliphatic heterocycles. The molecule has 4 atom stereocenters. The van der Waals surface area contributed by atoms with Crippen molar-refractivity contribution in [2.75, 3.05) is 6.61 Å². The van der Waals surface area contributed by atoms with Crippen LogP contribution >= 0.6 is 0 Å². The molecule has 13 heteroatoms. The molecule has 0 saturated carbocycles. The summed E-state index contributed by atoms with van der Waals surface area (Å²) in [7, 11) is -6.75. The van der Waals surface area contributed by atoms with E-state index in [1.807, 2.05) is 10.6 Å². The topological polar surface area (TPSA) is 107 Å². The first-order chi connectivity index (χ1) is 20.9. The molecule has 10 nitrogen and oxygen atoms in total. The molecular weight excluding hydrogens is 631 g/mol. The number of imidazole rings is 1. The van der Waals surface area contributed by atoms with Gasteiger partial charge in [-0.2, -0.15) is 0 Å². The highest BCUT2D eigenvalue weighted by Crippen LogP contribution is 2.47. The van der Waals surface area contributed by atoms with Crippen LogP contribution in [-0.4, -0.2) is 69.4 Å². The second-order valence-corrected chi connectivity index (χ2v) is 31.6. The van der Waals surface area contributed by atoms with Crippen molar-refractivity contribution in [3.8, 4) is 11.3 Å². The average Bonchev–Trinajstić information content (AvgIpc) is 3.46. The molecule has 3 aromatic rings. The lowest BCUT2D eigenvalue weighted by Crippen LogP contribution is -2.54. The number of aromatic nitrogens is 5. The number of fused-ring (bicyclic) bond motifs is 1. The zero-order valence-corrected chi connectivity index (χ0v) is 33.8. The molecule has 0 spiro atoms. The van der Waals surface area contributed by atoms with Crippen molar-refractivity contribution in [1.82, 2.24) is 19.5 Å². The Morgan fingerprint density at radius 1 is 0.848 bits per heavy atom. The molecule has 46 heavy (non-hydrogen) atoms. The summed E-state index contributed by atoms with van der Waals surface area (Å²) in [5, 5.41) is 13.0. The Balaban J connectivity index is 1.88. The van der Waals surface area contributed by atoms with Gasteiger partial charge in [-0.3, -0.25) is 9.55 Å². The van der Waals surface area contributed by atoms with Crippen LogP contribution in [0.25, 0.3) is 22.4 Å². The van der Waals surface area contributed by atoms with Gasteiger partial charge >= 0.3 is 0 Å². The third kappa shape index (κ3) is 7.20. The van der Waals surface area contributed by atoms with Crippen molar-refractivity contribution in [2.45, 2.75) is 141 Å². The van der Waals surface area contributed by atoms with Crippen LogP contribution in [-0.2, 0) is 18.0 Å². The molecule has 4 rings (SSSR count). The van der Waals surface area contributed by atoms with Crippen LogP contribution < -0.4 is 4.73 Å². The number of pyridine rings is 1. The summed E-state index contributed by atoms with van der Waals surface area (Å²) < 4.78 is 31.1. The lowest BCUT2D eigenvalue weighted by atomic mass is 10.1. The number of nitrogens with zero attached hydrogens (tertiary/aromatic N) is 5. The van der Waals surface area contributed by atoms with Crippen LogP contribution in [0.4, 0.5) is 0 Å². The van der Waals surface area contributed by atoms with Gasteiger partial charge in [-0.1, -0.05) is 62.3 Å². The molecule has 0 amide bonds. The van der Waals surface area contributed by atoms with Gasteiger partial charge in [0.2, 0.25) is 0 Å². The highest BCUT2D eigenvalue weighted by atomic mass is 28.4. The largest absolute Gasteiger partial charge is 0.710 e. The minimum atomic E-state index is -2.34. The molecular formula is C33H57N5O5Si3. The summed E-state index contributed by atoms with van der Waals surface area (Å²) in [6.07, 6.45) is 4.52. The van der Waals surface area contributed by atoms with E-state index in [1.165, 1.54) is 6.33 Å². The molecule has 0 N–H and O–H groups in total. The maximum absolute atomic E-state index is 13.0. The van der Waals surface area contributed by atoms with Gasteiger partial charge in [0.25, 0.3) is 12.0 Å². The van der Waals surface area contributed by atoms with E-state index in [0.717, 1.165) is 4.73 Å². The monoisotopic (exact) mass is 687 g/mol. The van der Waals surface area contributed by atoms with E-state index in [-0.39, 0.29) is 27.3 Å². The van der Waals surface area contributed by atoms with Crippen molar-refractivity contribution in [1.29, 1.82) is 0 Å². The molecule has 4 heterocycles. The Labute approximate surface area is 279 Å². The highest BCUT2D eigenvalue weighted by molar-refractivity contribution is 6.75. The summed E-state index contributed by atoms with van der Waals surface area (Å²) >= 11 is 0. The molecule has 0 unspecified atom stereocenters. The fraction of sp³-hybridized carbons (Fsp3) is 0.697. The fourth-order valence-corrected chi connectivity index (χ4v) is 8.36. The summed E-state index contributed by atoms with van der Waals surface area (Å²) in [5.74, 6) is 0. The van der Waals surface area contributed by atoms with E-state index in [4.69, 9.17) is 23.0 Å². The van der Waals surface area contributed by atoms with Crippen LogP contribution in [0.2, 0.25) is 54.4 Å². The maximum Gasteiger partial charge on any atom is 0.292 e. The molecule has 1 fully saturated rings. The van der Waals surface area contributed by atoms with Gasteiger partial charge in [0.05, 0.1) is 6.61 Å². The Hall–Kier alpha value is -2.01. The van der Waals surface area contributed by atoms with E-state index in [2.05, 4.69) is 112 Å². The molecule has 0 radical (unpaired) electrons. The predicted octanol–water partition coefficient (Wildman–Crippen LogP) is 7.83. The fourth-order valence-electron chi connectivity index (χ4n) is 4.75. The van der Waals surface area contributed by atoms with Crippen molar-refractivity contribution in [3.05, 3.63) is 42.4 Å². The molecule has 1 saturated heterocycles. The first-order valence-corrected chi connectivity index (χ1v) is 25.1. The Morgan fingerprint density at radius 2 is 1.41 bits per heavy atom. The first kappa shape index (κ1) is 36.8. The van der Waals surface area contributed by atoms with Crippen molar-refractivity contribution in [3.63, 3.8) is 0 Å². The van der Waals surface area contributed by atoms with Crippen LogP contribution in [0.15, 0.2) is 37.2 Å². The zero-order chi connectivity index (χ0) is 34.7. The minimum absolute atomic E-state index is 0.0267. The Bertz CT molecular complexity index is 1510. The van der Waals surface area contributed by atoms with Gasteiger partial charge in [-0.25, -0.2) is 9.71 Å². The predicted molar refractivity (Wildman–Crippen MR) is 191 cm³/mol. The van der Waals surface area contributed by atoms with Crippen LogP contribution in [0.1, 0.15) is 68.5 Å². The van der Waals surface area contributed by atoms with Gasteiger partial charge in [-0.15, -0.1) is 0 Å². The van der Waals surface area contributed by atoms with E-state index >= 15 is 0 Å². The van der Waals surface area contributed by atoms with Crippen molar-refractivity contribution < 1.29 is 22.7 Å². The SMILES string of the molecule is CC(C)(C)[Si](C)(C)OC[C@H]1O[C@@H](n2cnc3c(-c4cccnc4)[n+]([O-])cnc32)[C@H](O[Si](C)(C)C(C)(C)C)[C@@H]1O[Si](C)(C)C(C)(C)C. The summed E-state index contributed by atoms with van der Waals surface area (Å²) in [6, 6.07) is 3.65.